The highest BCUT2D eigenvalue weighted by Gasteiger charge is 2.44. The van der Waals surface area contributed by atoms with Gasteiger partial charge in [-0.2, -0.15) is 0 Å². The summed E-state index contributed by atoms with van der Waals surface area (Å²) in [5.41, 5.74) is 11.4. The van der Waals surface area contributed by atoms with Crippen LogP contribution in [0.15, 0.2) is 42.5 Å². The molecule has 3 atom stereocenters. The molecule has 2 aromatic carbocycles. The molecule has 0 aliphatic carbocycles. The highest BCUT2D eigenvalue weighted by Crippen LogP contribution is 2.35. The van der Waals surface area contributed by atoms with Gasteiger partial charge in [-0.25, -0.2) is 20.3 Å². The molecule has 0 saturated carbocycles. The van der Waals surface area contributed by atoms with Gasteiger partial charge in [0.1, 0.15) is 11.4 Å². The predicted octanol–water partition coefficient (Wildman–Crippen LogP) is 1.55. The van der Waals surface area contributed by atoms with E-state index in [9.17, 15) is 14.3 Å². The maximum Gasteiger partial charge on any atom is 0.243 e. The van der Waals surface area contributed by atoms with Gasteiger partial charge in [-0.3, -0.25) is 15.1 Å². The van der Waals surface area contributed by atoms with Crippen LogP contribution in [-0.2, 0) is 4.79 Å². The number of carbonyl (C=O) groups excluding carboxylic acids is 1. The second-order valence-corrected chi connectivity index (χ2v) is 10.4. The number of benzene rings is 2. The van der Waals surface area contributed by atoms with Crippen molar-refractivity contribution < 1.29 is 19.0 Å². The summed E-state index contributed by atoms with van der Waals surface area (Å²) < 4.78 is 20.0. The molecule has 0 aromatic heterocycles. The minimum Gasteiger partial charge on any atom is -0.494 e. The van der Waals surface area contributed by atoms with Gasteiger partial charge in [0.15, 0.2) is 5.82 Å². The normalized spacial score (nSPS) is 25.2. The Kier molecular flexibility index (Phi) is 6.88. The molecule has 4 N–H and O–H groups in total. The Balaban J connectivity index is 1.28. The quantitative estimate of drug-likeness (QED) is 0.477. The number of methoxy groups -OCH3 is 1. The van der Waals surface area contributed by atoms with Gasteiger partial charge in [0.2, 0.25) is 5.91 Å². The van der Waals surface area contributed by atoms with Gasteiger partial charge in [0, 0.05) is 50.9 Å². The maximum absolute atomic E-state index is 14.7. The van der Waals surface area contributed by atoms with Crippen LogP contribution in [0.25, 0.3) is 0 Å². The molecule has 36 heavy (non-hydrogen) atoms. The number of carbonyl (C=O) groups is 1. The van der Waals surface area contributed by atoms with Gasteiger partial charge >= 0.3 is 0 Å². The Hall–Kier alpha value is -2.76. The number of para-hydroxylation sites is 1. The van der Waals surface area contributed by atoms with Gasteiger partial charge < -0.3 is 14.7 Å². The Morgan fingerprint density at radius 3 is 2.47 bits per heavy atom. The number of ether oxygens (including phenoxy) is 1. The molecular formula is C26H35FN6O3. The fraction of sp³-hybridized carbons (Fsp3) is 0.500. The predicted molar refractivity (Wildman–Crippen MR) is 136 cm³/mol. The van der Waals surface area contributed by atoms with Crippen molar-refractivity contribution >= 4 is 17.3 Å². The molecule has 0 radical (unpaired) electrons. The van der Waals surface area contributed by atoms with E-state index in [-0.39, 0.29) is 36.1 Å². The lowest BCUT2D eigenvalue weighted by atomic mass is 9.93. The number of hydrogen-bond donors (Lipinski definition) is 4. The summed E-state index contributed by atoms with van der Waals surface area (Å²) in [6, 6.07) is 12.6. The van der Waals surface area contributed by atoms with E-state index in [1.165, 1.54) is 18.2 Å². The van der Waals surface area contributed by atoms with Crippen LogP contribution in [0.2, 0.25) is 0 Å². The fourth-order valence-electron chi connectivity index (χ4n) is 5.41. The second-order valence-electron chi connectivity index (χ2n) is 10.4. The number of piperazine rings is 1. The summed E-state index contributed by atoms with van der Waals surface area (Å²) in [5.74, 6) is -0.443. The average molecular weight is 499 g/mol. The first-order valence-electron chi connectivity index (χ1n) is 12.5. The van der Waals surface area contributed by atoms with Crippen molar-refractivity contribution in [2.24, 2.45) is 0 Å². The number of β-amino-alcohol motifs (C(OH)–C–C–N with tert-alkyl or cyclic N) is 1. The zero-order valence-electron chi connectivity index (χ0n) is 21.0. The molecule has 5 rings (SSSR count). The summed E-state index contributed by atoms with van der Waals surface area (Å²) in [6.07, 6.45) is 0.228. The molecule has 10 heteroatoms. The second kappa shape index (κ2) is 9.95. The van der Waals surface area contributed by atoms with Gasteiger partial charge in [-0.1, -0.05) is 18.2 Å². The Morgan fingerprint density at radius 2 is 1.81 bits per heavy atom. The van der Waals surface area contributed by atoms with Crippen molar-refractivity contribution in [3.05, 3.63) is 53.8 Å². The molecule has 0 spiro atoms. The highest BCUT2D eigenvalue weighted by atomic mass is 19.1. The minimum absolute atomic E-state index is 0.105. The van der Waals surface area contributed by atoms with Crippen molar-refractivity contribution in [3.63, 3.8) is 0 Å². The summed E-state index contributed by atoms with van der Waals surface area (Å²) in [4.78, 5) is 17.5. The first-order chi connectivity index (χ1) is 17.2. The monoisotopic (exact) mass is 498 g/mol. The number of aliphatic hydroxyl groups is 1. The van der Waals surface area contributed by atoms with Gasteiger partial charge in [-0.15, -0.1) is 0 Å². The summed E-state index contributed by atoms with van der Waals surface area (Å²) >= 11 is 0. The number of halogens is 1. The third kappa shape index (κ3) is 5.05. The van der Waals surface area contributed by atoms with Crippen LogP contribution in [0.3, 0.4) is 0 Å². The van der Waals surface area contributed by atoms with Crippen LogP contribution in [-0.4, -0.2) is 73.4 Å². The number of nitrogens with zero attached hydrogens (tertiary/aromatic N) is 3. The van der Waals surface area contributed by atoms with Gasteiger partial charge in [0.25, 0.3) is 0 Å². The zero-order valence-corrected chi connectivity index (χ0v) is 21.0. The average Bonchev–Trinajstić information content (AvgIpc) is 3.25. The highest BCUT2D eigenvalue weighted by molar-refractivity contribution is 5.95. The standard InChI is InChI=1S/C26H35FN6O3/c1-26(2,35)16-31-11-13-32(14-12-31)18-9-7-17(8-10-18)23-24-20(28-29-23)15-22(34)33(30-24)25-19(27)5-4-6-21(25)36-3/h4-10,20,23-24,28-30,35H,11-16H2,1-3H3. The molecular weight excluding hydrogens is 463 g/mol. The number of fused-ring (bicyclic) bond motifs is 1. The molecule has 3 aliphatic heterocycles. The van der Waals surface area contributed by atoms with E-state index < -0.39 is 11.4 Å². The molecule has 9 nitrogen and oxygen atoms in total. The smallest absolute Gasteiger partial charge is 0.243 e. The van der Waals surface area contributed by atoms with Crippen LogP contribution in [0, 0.1) is 5.82 Å². The Labute approximate surface area is 211 Å². The van der Waals surface area contributed by atoms with Crippen LogP contribution in [0.5, 0.6) is 5.75 Å². The van der Waals surface area contributed by atoms with E-state index in [2.05, 4.69) is 50.3 Å². The molecule has 194 valence electrons. The summed E-state index contributed by atoms with van der Waals surface area (Å²) in [5, 5.41) is 11.4. The zero-order chi connectivity index (χ0) is 25.4. The number of hydrazine groups is 2. The Morgan fingerprint density at radius 1 is 1.08 bits per heavy atom. The first-order valence-corrected chi connectivity index (χ1v) is 12.5. The van der Waals surface area contributed by atoms with E-state index in [0.717, 1.165) is 37.4 Å². The summed E-state index contributed by atoms with van der Waals surface area (Å²) in [6.45, 7) is 8.01. The molecule has 3 fully saturated rings. The fourth-order valence-corrected chi connectivity index (χ4v) is 5.41. The number of nitrogens with one attached hydrogen (secondary N) is 3. The van der Waals surface area contributed by atoms with Gasteiger partial charge in [0.05, 0.1) is 24.8 Å². The van der Waals surface area contributed by atoms with E-state index in [1.54, 1.807) is 12.1 Å². The van der Waals surface area contributed by atoms with Crippen LogP contribution in [0.1, 0.15) is 31.9 Å². The number of rotatable bonds is 6. The van der Waals surface area contributed by atoms with Crippen LogP contribution < -0.4 is 30.9 Å². The molecule has 1 amide bonds. The first kappa shape index (κ1) is 24.9. The number of amides is 1. The van der Waals surface area contributed by atoms with Crippen LogP contribution in [0.4, 0.5) is 15.8 Å². The van der Waals surface area contributed by atoms with Crippen molar-refractivity contribution in [1.29, 1.82) is 0 Å². The van der Waals surface area contributed by atoms with E-state index in [0.29, 0.717) is 12.3 Å². The lowest BCUT2D eigenvalue weighted by Crippen LogP contribution is -2.60. The van der Waals surface area contributed by atoms with E-state index in [1.807, 2.05) is 13.8 Å². The van der Waals surface area contributed by atoms with E-state index >= 15 is 0 Å². The third-order valence-corrected chi connectivity index (χ3v) is 7.13. The lowest BCUT2D eigenvalue weighted by molar-refractivity contribution is -0.121. The van der Waals surface area contributed by atoms with Crippen LogP contribution >= 0.6 is 0 Å². The third-order valence-electron chi connectivity index (χ3n) is 7.13. The topological polar surface area (TPSA) is 92.3 Å². The van der Waals surface area contributed by atoms with Crippen molar-refractivity contribution in [1.82, 2.24) is 21.2 Å². The lowest BCUT2D eigenvalue weighted by Gasteiger charge is -2.38. The molecule has 3 saturated heterocycles. The minimum atomic E-state index is -0.686. The van der Waals surface area contributed by atoms with Crippen molar-refractivity contribution in [3.8, 4) is 5.75 Å². The Bertz CT molecular complexity index is 1080. The maximum atomic E-state index is 14.7. The molecule has 3 heterocycles. The molecule has 3 unspecified atom stereocenters. The molecule has 3 aliphatic rings. The number of anilines is 2. The van der Waals surface area contributed by atoms with Gasteiger partial charge in [-0.05, 0) is 43.7 Å². The largest absolute Gasteiger partial charge is 0.494 e. The van der Waals surface area contributed by atoms with Crippen molar-refractivity contribution in [2.45, 2.75) is 44.0 Å². The SMILES string of the molecule is COc1cccc(F)c1N1NC2C(CC1=O)NNC2c1ccc(N2CCN(CC(C)(C)O)CC2)cc1. The number of hydrogen-bond acceptors (Lipinski definition) is 8. The molecule has 0 bridgehead atoms. The van der Waals surface area contributed by atoms with Crippen molar-refractivity contribution in [2.75, 3.05) is 49.7 Å². The van der Waals surface area contributed by atoms with E-state index in [4.69, 9.17) is 4.74 Å². The molecule has 2 aromatic rings. The summed E-state index contributed by atoms with van der Waals surface area (Å²) in [7, 11) is 1.46.